The van der Waals surface area contributed by atoms with Gasteiger partial charge in [0.1, 0.15) is 5.75 Å². The highest BCUT2D eigenvalue weighted by molar-refractivity contribution is 9.10. The quantitative estimate of drug-likeness (QED) is 0.888. The van der Waals surface area contributed by atoms with E-state index in [0.29, 0.717) is 0 Å². The average Bonchev–Trinajstić information content (AvgIpc) is 2.36. The Hall–Kier alpha value is -0.540. The lowest BCUT2D eigenvalue weighted by Gasteiger charge is -2.35. The Labute approximate surface area is 118 Å². The number of ether oxygens (including phenoxy) is 1. The summed E-state index contributed by atoms with van der Waals surface area (Å²) in [4.78, 5) is 0. The molecule has 0 heterocycles. The zero-order valence-corrected chi connectivity index (χ0v) is 13.1. The monoisotopic (exact) mass is 311 g/mol. The first kappa shape index (κ1) is 13.9. The van der Waals surface area contributed by atoms with Gasteiger partial charge in [-0.1, -0.05) is 25.3 Å². The summed E-state index contributed by atoms with van der Waals surface area (Å²) in [6.07, 6.45) is 5.83. The maximum atomic E-state index is 6.64. The molecular weight excluding hydrogens is 290 g/mol. The van der Waals surface area contributed by atoms with E-state index >= 15 is 0 Å². The first-order chi connectivity index (χ1) is 8.49. The van der Waals surface area contributed by atoms with E-state index < -0.39 is 0 Å². The molecule has 0 bridgehead atoms. The molecule has 3 heteroatoms. The van der Waals surface area contributed by atoms with Gasteiger partial charge >= 0.3 is 0 Å². The van der Waals surface area contributed by atoms with E-state index in [1.165, 1.54) is 36.0 Å². The highest BCUT2D eigenvalue weighted by Gasteiger charge is 2.33. The summed E-state index contributed by atoms with van der Waals surface area (Å²) in [5.41, 5.74) is 10.1. The second-order valence-corrected chi connectivity index (χ2v) is 6.22. The van der Waals surface area contributed by atoms with Gasteiger partial charge in [-0.3, -0.25) is 0 Å². The van der Waals surface area contributed by atoms with Gasteiger partial charge in [-0.2, -0.15) is 0 Å². The number of halogens is 1. The second kappa shape index (κ2) is 5.22. The molecule has 0 atom stereocenters. The van der Waals surface area contributed by atoms with Crippen molar-refractivity contribution in [1.82, 2.24) is 0 Å². The van der Waals surface area contributed by atoms with Crippen molar-refractivity contribution in [2.24, 2.45) is 5.73 Å². The van der Waals surface area contributed by atoms with Crippen LogP contribution in [0.25, 0.3) is 0 Å². The van der Waals surface area contributed by atoms with Crippen LogP contribution in [-0.2, 0) is 5.54 Å². The van der Waals surface area contributed by atoms with Crippen LogP contribution in [0.4, 0.5) is 0 Å². The standard InChI is InChI=1S/C15H22BrNO/c1-10-9-12(14(18-3)13(16)11(10)2)15(17)7-5-4-6-8-15/h9H,4-8,17H2,1-3H3. The van der Waals surface area contributed by atoms with Gasteiger partial charge in [0.2, 0.25) is 0 Å². The fraction of sp³-hybridized carbons (Fsp3) is 0.600. The van der Waals surface area contributed by atoms with Gasteiger partial charge in [0.15, 0.2) is 0 Å². The van der Waals surface area contributed by atoms with Gasteiger partial charge in [0.25, 0.3) is 0 Å². The summed E-state index contributed by atoms with van der Waals surface area (Å²) in [7, 11) is 1.73. The number of hydrogen-bond donors (Lipinski definition) is 1. The largest absolute Gasteiger partial charge is 0.495 e. The number of hydrogen-bond acceptors (Lipinski definition) is 2. The molecule has 2 N–H and O–H groups in total. The Morgan fingerprint density at radius 1 is 1.22 bits per heavy atom. The SMILES string of the molecule is COc1c(C2(N)CCCCC2)cc(C)c(C)c1Br. The Bertz CT molecular complexity index is 450. The van der Waals surface area contributed by atoms with Crippen molar-refractivity contribution in [2.75, 3.05) is 7.11 Å². The molecule has 0 unspecified atom stereocenters. The fourth-order valence-corrected chi connectivity index (χ4v) is 3.56. The zero-order chi connectivity index (χ0) is 13.3. The van der Waals surface area contributed by atoms with Gasteiger partial charge in [0.05, 0.1) is 11.6 Å². The number of rotatable bonds is 2. The van der Waals surface area contributed by atoms with E-state index in [1.807, 2.05) is 0 Å². The van der Waals surface area contributed by atoms with Crippen molar-refractivity contribution < 1.29 is 4.74 Å². The average molecular weight is 312 g/mol. The molecule has 0 amide bonds. The third-order valence-corrected chi connectivity index (χ3v) is 5.17. The molecule has 0 radical (unpaired) electrons. The summed E-state index contributed by atoms with van der Waals surface area (Å²) >= 11 is 3.65. The number of benzene rings is 1. The first-order valence-corrected chi connectivity index (χ1v) is 7.42. The predicted molar refractivity (Wildman–Crippen MR) is 79.1 cm³/mol. The fourth-order valence-electron chi connectivity index (χ4n) is 2.87. The van der Waals surface area contributed by atoms with Crippen molar-refractivity contribution in [2.45, 2.75) is 51.5 Å². The van der Waals surface area contributed by atoms with Gasteiger partial charge in [0, 0.05) is 11.1 Å². The van der Waals surface area contributed by atoms with Crippen LogP contribution in [0.3, 0.4) is 0 Å². The minimum atomic E-state index is -0.218. The highest BCUT2D eigenvalue weighted by atomic mass is 79.9. The van der Waals surface area contributed by atoms with Crippen LogP contribution in [0, 0.1) is 13.8 Å². The van der Waals surface area contributed by atoms with E-state index in [2.05, 4.69) is 35.8 Å². The van der Waals surface area contributed by atoms with E-state index in [-0.39, 0.29) is 5.54 Å². The van der Waals surface area contributed by atoms with Gasteiger partial charge < -0.3 is 10.5 Å². The molecule has 100 valence electrons. The molecular formula is C15H22BrNO. The first-order valence-electron chi connectivity index (χ1n) is 6.62. The van der Waals surface area contributed by atoms with Crippen LogP contribution in [0.5, 0.6) is 5.75 Å². The van der Waals surface area contributed by atoms with Gasteiger partial charge in [-0.05, 0) is 53.7 Å². The van der Waals surface area contributed by atoms with Crippen LogP contribution < -0.4 is 10.5 Å². The van der Waals surface area contributed by atoms with Crippen molar-refractivity contribution >= 4 is 15.9 Å². The summed E-state index contributed by atoms with van der Waals surface area (Å²) in [6, 6.07) is 2.21. The van der Waals surface area contributed by atoms with E-state index in [9.17, 15) is 0 Å². The molecule has 1 aromatic carbocycles. The summed E-state index contributed by atoms with van der Waals surface area (Å²) < 4.78 is 6.65. The second-order valence-electron chi connectivity index (χ2n) is 5.43. The van der Waals surface area contributed by atoms with Crippen molar-refractivity contribution in [3.63, 3.8) is 0 Å². The molecule has 2 rings (SSSR count). The lowest BCUT2D eigenvalue weighted by atomic mass is 9.76. The summed E-state index contributed by atoms with van der Waals surface area (Å²) in [5.74, 6) is 0.919. The van der Waals surface area contributed by atoms with E-state index in [0.717, 1.165) is 23.1 Å². The van der Waals surface area contributed by atoms with Crippen molar-refractivity contribution in [1.29, 1.82) is 0 Å². The van der Waals surface area contributed by atoms with Gasteiger partial charge in [-0.15, -0.1) is 0 Å². The number of aryl methyl sites for hydroxylation is 1. The number of nitrogens with two attached hydrogens (primary N) is 1. The third-order valence-electron chi connectivity index (χ3n) is 4.21. The third kappa shape index (κ3) is 2.30. The minimum Gasteiger partial charge on any atom is -0.495 e. The topological polar surface area (TPSA) is 35.2 Å². The maximum absolute atomic E-state index is 6.64. The molecule has 1 aliphatic rings. The molecule has 1 fully saturated rings. The van der Waals surface area contributed by atoms with Crippen LogP contribution >= 0.6 is 15.9 Å². The lowest BCUT2D eigenvalue weighted by Crippen LogP contribution is -2.39. The van der Waals surface area contributed by atoms with E-state index in [1.54, 1.807) is 7.11 Å². The molecule has 1 saturated carbocycles. The predicted octanol–water partition coefficient (Wildman–Crippen LogP) is 4.19. The van der Waals surface area contributed by atoms with E-state index in [4.69, 9.17) is 10.5 Å². The maximum Gasteiger partial charge on any atom is 0.138 e. The molecule has 0 spiro atoms. The van der Waals surface area contributed by atoms with Crippen LogP contribution in [0.2, 0.25) is 0 Å². The van der Waals surface area contributed by atoms with Crippen molar-refractivity contribution in [3.05, 3.63) is 27.2 Å². The molecule has 0 saturated heterocycles. The molecule has 0 aromatic heterocycles. The van der Waals surface area contributed by atoms with Crippen LogP contribution in [0.15, 0.2) is 10.5 Å². The minimum absolute atomic E-state index is 0.218. The Balaban J connectivity index is 2.55. The van der Waals surface area contributed by atoms with Crippen LogP contribution in [-0.4, -0.2) is 7.11 Å². The highest BCUT2D eigenvalue weighted by Crippen LogP contribution is 2.44. The zero-order valence-electron chi connectivity index (χ0n) is 11.5. The summed E-state index contributed by atoms with van der Waals surface area (Å²) in [5, 5.41) is 0. The summed E-state index contributed by atoms with van der Waals surface area (Å²) in [6.45, 7) is 4.24. The Morgan fingerprint density at radius 2 is 1.83 bits per heavy atom. The van der Waals surface area contributed by atoms with Crippen LogP contribution in [0.1, 0.15) is 48.8 Å². The molecule has 18 heavy (non-hydrogen) atoms. The smallest absolute Gasteiger partial charge is 0.138 e. The Kier molecular flexibility index (Phi) is 4.02. The molecule has 1 aliphatic carbocycles. The molecule has 1 aromatic rings. The Morgan fingerprint density at radius 3 is 2.39 bits per heavy atom. The van der Waals surface area contributed by atoms with Gasteiger partial charge in [-0.25, -0.2) is 0 Å². The van der Waals surface area contributed by atoms with Crippen molar-refractivity contribution in [3.8, 4) is 5.75 Å². The number of methoxy groups -OCH3 is 1. The molecule has 0 aliphatic heterocycles. The lowest BCUT2D eigenvalue weighted by molar-refractivity contribution is 0.288. The normalized spacial score (nSPS) is 18.7. The molecule has 2 nitrogen and oxygen atoms in total.